The number of para-hydroxylation sites is 1. The minimum atomic E-state index is -0.241. The highest BCUT2D eigenvalue weighted by atomic mass is 32.1. The number of carbonyl (C=O) groups is 2. The van der Waals surface area contributed by atoms with Crippen LogP contribution in [-0.4, -0.2) is 23.3 Å². The molecule has 0 spiro atoms. The van der Waals surface area contributed by atoms with Crippen molar-refractivity contribution in [1.82, 2.24) is 10.3 Å². The van der Waals surface area contributed by atoms with Crippen molar-refractivity contribution in [3.63, 3.8) is 0 Å². The van der Waals surface area contributed by atoms with Crippen molar-refractivity contribution < 1.29 is 9.59 Å². The molecule has 0 bridgehead atoms. The molecule has 1 aromatic carbocycles. The van der Waals surface area contributed by atoms with Crippen LogP contribution in [-0.2, 0) is 11.2 Å². The van der Waals surface area contributed by atoms with Crippen LogP contribution in [0.2, 0.25) is 0 Å². The molecule has 0 unspecified atom stereocenters. The van der Waals surface area contributed by atoms with E-state index in [-0.39, 0.29) is 18.4 Å². The molecule has 2 amide bonds. The largest absolute Gasteiger partial charge is 0.342 e. The first-order chi connectivity index (χ1) is 11.9. The zero-order valence-electron chi connectivity index (χ0n) is 15.2. The number of hydrogen-bond acceptors (Lipinski definition) is 4. The lowest BCUT2D eigenvalue weighted by Crippen LogP contribution is -2.33. The molecule has 2 N–H and O–H groups in total. The Balaban J connectivity index is 1.93. The van der Waals surface area contributed by atoms with Gasteiger partial charge in [-0.3, -0.25) is 9.59 Å². The van der Waals surface area contributed by atoms with E-state index >= 15 is 0 Å². The topological polar surface area (TPSA) is 71.1 Å². The SMILES string of the molecule is CCCCc1nc(C)c(C(=O)NCC(=O)Nc2c(C)cccc2C)s1. The van der Waals surface area contributed by atoms with Gasteiger partial charge >= 0.3 is 0 Å². The van der Waals surface area contributed by atoms with Gasteiger partial charge in [0.05, 0.1) is 17.2 Å². The predicted molar refractivity (Wildman–Crippen MR) is 102 cm³/mol. The van der Waals surface area contributed by atoms with Crippen molar-refractivity contribution in [3.05, 3.63) is 44.9 Å². The predicted octanol–water partition coefficient (Wildman–Crippen LogP) is 3.78. The first-order valence-electron chi connectivity index (χ1n) is 8.53. The first kappa shape index (κ1) is 19.1. The summed E-state index contributed by atoms with van der Waals surface area (Å²) in [5.41, 5.74) is 3.53. The Bertz CT molecular complexity index is 748. The van der Waals surface area contributed by atoms with Gasteiger partial charge in [0.25, 0.3) is 5.91 Å². The zero-order chi connectivity index (χ0) is 18.4. The van der Waals surface area contributed by atoms with Crippen LogP contribution in [0.4, 0.5) is 5.69 Å². The van der Waals surface area contributed by atoms with Crippen molar-refractivity contribution in [2.75, 3.05) is 11.9 Å². The van der Waals surface area contributed by atoms with Gasteiger partial charge in [-0.2, -0.15) is 0 Å². The summed E-state index contributed by atoms with van der Waals surface area (Å²) >= 11 is 1.41. The summed E-state index contributed by atoms with van der Waals surface area (Å²) in [5, 5.41) is 6.53. The van der Waals surface area contributed by atoms with Crippen LogP contribution in [0.25, 0.3) is 0 Å². The van der Waals surface area contributed by atoms with Crippen LogP contribution in [0, 0.1) is 20.8 Å². The van der Waals surface area contributed by atoms with Gasteiger partial charge in [-0.15, -0.1) is 11.3 Å². The van der Waals surface area contributed by atoms with E-state index in [0.717, 1.165) is 46.8 Å². The second kappa shape index (κ2) is 8.76. The molecular formula is C19H25N3O2S. The zero-order valence-corrected chi connectivity index (χ0v) is 16.0. The molecule has 0 saturated heterocycles. The number of hydrogen-bond donors (Lipinski definition) is 2. The van der Waals surface area contributed by atoms with E-state index in [1.807, 2.05) is 39.0 Å². The number of unbranched alkanes of at least 4 members (excludes halogenated alkanes) is 1. The molecule has 0 fully saturated rings. The molecule has 1 heterocycles. The number of carbonyl (C=O) groups excluding carboxylic acids is 2. The Morgan fingerprint density at radius 3 is 2.48 bits per heavy atom. The normalized spacial score (nSPS) is 10.6. The van der Waals surface area contributed by atoms with Gasteiger partial charge in [-0.1, -0.05) is 31.5 Å². The molecule has 0 atom stereocenters. The minimum absolute atomic E-state index is 0.0613. The molecule has 0 saturated carbocycles. The van der Waals surface area contributed by atoms with Gasteiger partial charge in [-0.25, -0.2) is 4.98 Å². The van der Waals surface area contributed by atoms with Gasteiger partial charge in [0.15, 0.2) is 0 Å². The molecule has 6 heteroatoms. The number of nitrogens with one attached hydrogen (secondary N) is 2. The van der Waals surface area contributed by atoms with Gasteiger partial charge in [0.1, 0.15) is 4.88 Å². The molecule has 134 valence electrons. The third-order valence-corrected chi connectivity index (χ3v) is 5.16. The number of benzene rings is 1. The van der Waals surface area contributed by atoms with Crippen molar-refractivity contribution >= 4 is 28.8 Å². The van der Waals surface area contributed by atoms with Gasteiger partial charge in [0, 0.05) is 5.69 Å². The number of rotatable bonds is 7. The maximum Gasteiger partial charge on any atom is 0.263 e. The standard InChI is InChI=1S/C19H25N3O2S/c1-5-6-10-16-21-14(4)18(25-16)19(24)20-11-15(23)22-17-12(2)8-7-9-13(17)3/h7-9H,5-6,10-11H2,1-4H3,(H,20,24)(H,22,23). The van der Waals surface area contributed by atoms with Crippen molar-refractivity contribution in [1.29, 1.82) is 0 Å². The van der Waals surface area contributed by atoms with Crippen LogP contribution in [0.5, 0.6) is 0 Å². The number of aryl methyl sites for hydroxylation is 4. The van der Waals surface area contributed by atoms with Crippen LogP contribution < -0.4 is 10.6 Å². The summed E-state index contributed by atoms with van der Waals surface area (Å²) in [5.74, 6) is -0.478. The molecule has 25 heavy (non-hydrogen) atoms. The second-order valence-electron chi connectivity index (χ2n) is 6.12. The number of aromatic nitrogens is 1. The van der Waals surface area contributed by atoms with E-state index in [2.05, 4.69) is 22.5 Å². The number of amides is 2. The molecular weight excluding hydrogens is 334 g/mol. The summed E-state index contributed by atoms with van der Waals surface area (Å²) < 4.78 is 0. The van der Waals surface area contributed by atoms with Crippen LogP contribution >= 0.6 is 11.3 Å². The highest BCUT2D eigenvalue weighted by molar-refractivity contribution is 7.13. The molecule has 2 rings (SSSR count). The van der Waals surface area contributed by atoms with Crippen LogP contribution in [0.3, 0.4) is 0 Å². The molecule has 1 aromatic heterocycles. The third-order valence-electron chi connectivity index (χ3n) is 3.95. The van der Waals surface area contributed by atoms with Crippen LogP contribution in [0.15, 0.2) is 18.2 Å². The fourth-order valence-corrected chi connectivity index (χ4v) is 3.56. The van der Waals surface area contributed by atoms with Crippen molar-refractivity contribution in [3.8, 4) is 0 Å². The van der Waals surface area contributed by atoms with Crippen molar-refractivity contribution in [2.45, 2.75) is 47.0 Å². The highest BCUT2D eigenvalue weighted by Gasteiger charge is 2.16. The van der Waals surface area contributed by atoms with Gasteiger partial charge < -0.3 is 10.6 Å². The fraction of sp³-hybridized carbons (Fsp3) is 0.421. The average molecular weight is 359 g/mol. The molecule has 0 aliphatic rings. The smallest absolute Gasteiger partial charge is 0.263 e. The number of thiazole rings is 1. The summed E-state index contributed by atoms with van der Waals surface area (Å²) in [7, 11) is 0. The fourth-order valence-electron chi connectivity index (χ4n) is 2.53. The van der Waals surface area contributed by atoms with E-state index < -0.39 is 0 Å². The van der Waals surface area contributed by atoms with Gasteiger partial charge in [-0.05, 0) is 44.7 Å². The van der Waals surface area contributed by atoms with E-state index in [1.54, 1.807) is 0 Å². The summed E-state index contributed by atoms with van der Waals surface area (Å²) in [6, 6.07) is 5.84. The Hall–Kier alpha value is -2.21. The maximum absolute atomic E-state index is 12.3. The quantitative estimate of drug-likeness (QED) is 0.790. The Kier molecular flexibility index (Phi) is 6.70. The Morgan fingerprint density at radius 2 is 1.84 bits per heavy atom. The second-order valence-corrected chi connectivity index (χ2v) is 7.21. The lowest BCUT2D eigenvalue weighted by atomic mass is 10.1. The number of anilines is 1. The first-order valence-corrected chi connectivity index (χ1v) is 9.34. The van der Waals surface area contributed by atoms with Crippen LogP contribution in [0.1, 0.15) is 51.3 Å². The summed E-state index contributed by atoms with van der Waals surface area (Å²) in [6.07, 6.45) is 3.05. The van der Waals surface area contributed by atoms with E-state index in [4.69, 9.17) is 0 Å². The number of nitrogens with zero attached hydrogens (tertiary/aromatic N) is 1. The molecule has 0 aliphatic carbocycles. The van der Waals surface area contributed by atoms with E-state index in [0.29, 0.717) is 4.88 Å². The lowest BCUT2D eigenvalue weighted by Gasteiger charge is -2.11. The Labute approximate surface area is 152 Å². The Morgan fingerprint density at radius 1 is 1.16 bits per heavy atom. The van der Waals surface area contributed by atoms with E-state index in [1.165, 1.54) is 11.3 Å². The molecule has 0 aliphatic heterocycles. The minimum Gasteiger partial charge on any atom is -0.342 e. The van der Waals surface area contributed by atoms with Crippen molar-refractivity contribution in [2.24, 2.45) is 0 Å². The lowest BCUT2D eigenvalue weighted by molar-refractivity contribution is -0.115. The monoisotopic (exact) mass is 359 g/mol. The molecule has 0 radical (unpaired) electrons. The average Bonchev–Trinajstić information content (AvgIpc) is 2.95. The molecule has 5 nitrogen and oxygen atoms in total. The summed E-state index contributed by atoms with van der Waals surface area (Å²) in [6.45, 7) is 7.79. The van der Waals surface area contributed by atoms with E-state index in [9.17, 15) is 9.59 Å². The highest BCUT2D eigenvalue weighted by Crippen LogP contribution is 2.20. The maximum atomic E-state index is 12.3. The van der Waals surface area contributed by atoms with Gasteiger partial charge in [0.2, 0.25) is 5.91 Å². The molecule has 2 aromatic rings. The summed E-state index contributed by atoms with van der Waals surface area (Å²) in [4.78, 5) is 29.5. The third kappa shape index (κ3) is 5.13.